The monoisotopic (exact) mass is 256 g/mol. The van der Waals surface area contributed by atoms with Gasteiger partial charge in [-0.05, 0) is 36.2 Å². The highest BCUT2D eigenvalue weighted by Crippen LogP contribution is 2.17. The molecule has 0 spiro atoms. The van der Waals surface area contributed by atoms with Crippen molar-refractivity contribution >= 4 is 11.6 Å². The zero-order chi connectivity index (χ0) is 13.5. The number of benzene rings is 1. The van der Waals surface area contributed by atoms with Crippen molar-refractivity contribution in [3.05, 3.63) is 54.4 Å². The Bertz CT molecular complexity index is 541. The summed E-state index contributed by atoms with van der Waals surface area (Å²) in [6.45, 7) is 0. The molecule has 2 rings (SSSR count). The molecule has 1 N–H and O–H groups in total. The summed E-state index contributed by atoms with van der Waals surface area (Å²) >= 11 is 0. The van der Waals surface area contributed by atoms with Gasteiger partial charge in [-0.3, -0.25) is 9.78 Å². The van der Waals surface area contributed by atoms with E-state index in [1.807, 2.05) is 30.3 Å². The molecule has 0 bridgehead atoms. The number of ether oxygens (including phenoxy) is 1. The molecule has 0 saturated heterocycles. The summed E-state index contributed by atoms with van der Waals surface area (Å²) < 4.78 is 5.11. The Kier molecular flexibility index (Phi) is 4.50. The van der Waals surface area contributed by atoms with Crippen LogP contribution in [0.2, 0.25) is 0 Å². The van der Waals surface area contributed by atoms with E-state index in [-0.39, 0.29) is 5.91 Å². The number of nitrogens with zero attached hydrogens (tertiary/aromatic N) is 1. The lowest BCUT2D eigenvalue weighted by molar-refractivity contribution is -0.116. The van der Waals surface area contributed by atoms with Crippen molar-refractivity contribution in [2.75, 3.05) is 12.4 Å². The van der Waals surface area contributed by atoms with E-state index in [1.165, 1.54) is 0 Å². The third-order valence-electron chi connectivity index (χ3n) is 2.74. The number of amides is 1. The zero-order valence-electron chi connectivity index (χ0n) is 10.8. The highest BCUT2D eigenvalue weighted by Gasteiger charge is 2.03. The molecule has 1 aromatic heterocycles. The van der Waals surface area contributed by atoms with Gasteiger partial charge in [-0.1, -0.05) is 6.07 Å². The Labute approximate surface area is 112 Å². The van der Waals surface area contributed by atoms with E-state index in [9.17, 15) is 4.79 Å². The first-order chi connectivity index (χ1) is 9.28. The largest absolute Gasteiger partial charge is 0.497 e. The molecule has 2 aromatic rings. The van der Waals surface area contributed by atoms with Crippen LogP contribution in [0.5, 0.6) is 5.75 Å². The number of aromatic nitrogens is 1. The van der Waals surface area contributed by atoms with Crippen molar-refractivity contribution in [2.24, 2.45) is 0 Å². The number of anilines is 1. The molecule has 4 nitrogen and oxygen atoms in total. The first-order valence-corrected chi connectivity index (χ1v) is 6.11. The van der Waals surface area contributed by atoms with Crippen LogP contribution in [0.15, 0.2) is 48.8 Å². The third-order valence-corrected chi connectivity index (χ3v) is 2.74. The van der Waals surface area contributed by atoms with Gasteiger partial charge in [0, 0.05) is 30.6 Å². The second kappa shape index (κ2) is 6.54. The molecule has 0 unspecified atom stereocenters. The Morgan fingerprint density at radius 1 is 1.26 bits per heavy atom. The van der Waals surface area contributed by atoms with Crippen molar-refractivity contribution in [1.82, 2.24) is 4.98 Å². The predicted octanol–water partition coefficient (Wildman–Crippen LogP) is 2.66. The molecule has 19 heavy (non-hydrogen) atoms. The zero-order valence-corrected chi connectivity index (χ0v) is 10.8. The molecule has 0 aliphatic rings. The number of hydrogen-bond donors (Lipinski definition) is 1. The molecule has 0 fully saturated rings. The average molecular weight is 256 g/mol. The summed E-state index contributed by atoms with van der Waals surface area (Å²) in [5.41, 5.74) is 1.86. The van der Waals surface area contributed by atoms with Crippen molar-refractivity contribution in [3.63, 3.8) is 0 Å². The van der Waals surface area contributed by atoms with Gasteiger partial charge in [0.05, 0.1) is 7.11 Å². The number of nitrogens with one attached hydrogen (secondary N) is 1. The summed E-state index contributed by atoms with van der Waals surface area (Å²) in [5, 5.41) is 2.85. The van der Waals surface area contributed by atoms with Crippen LogP contribution in [-0.2, 0) is 11.2 Å². The predicted molar refractivity (Wildman–Crippen MR) is 74.2 cm³/mol. The van der Waals surface area contributed by atoms with Gasteiger partial charge in [-0.2, -0.15) is 0 Å². The number of methoxy groups -OCH3 is 1. The third kappa shape index (κ3) is 4.10. The van der Waals surface area contributed by atoms with E-state index in [2.05, 4.69) is 10.3 Å². The van der Waals surface area contributed by atoms with Crippen molar-refractivity contribution < 1.29 is 9.53 Å². The van der Waals surface area contributed by atoms with Crippen LogP contribution in [0.4, 0.5) is 5.69 Å². The Balaban J connectivity index is 1.87. The molecule has 1 aromatic carbocycles. The number of carbonyl (C=O) groups is 1. The van der Waals surface area contributed by atoms with Gasteiger partial charge < -0.3 is 10.1 Å². The van der Waals surface area contributed by atoms with E-state index >= 15 is 0 Å². The minimum Gasteiger partial charge on any atom is -0.497 e. The fourth-order valence-electron chi connectivity index (χ4n) is 1.73. The lowest BCUT2D eigenvalue weighted by Crippen LogP contribution is -2.12. The second-order valence-corrected chi connectivity index (χ2v) is 4.14. The normalized spacial score (nSPS) is 9.95. The molecular formula is C15H16N2O2. The fraction of sp³-hybridized carbons (Fsp3) is 0.200. The Morgan fingerprint density at radius 3 is 2.79 bits per heavy atom. The van der Waals surface area contributed by atoms with Gasteiger partial charge in [0.2, 0.25) is 5.91 Å². The topological polar surface area (TPSA) is 51.2 Å². The minimum absolute atomic E-state index is 0.00920. The summed E-state index contributed by atoms with van der Waals surface area (Å²) in [5.74, 6) is 0.719. The maximum atomic E-state index is 11.8. The summed E-state index contributed by atoms with van der Waals surface area (Å²) in [6.07, 6.45) is 4.62. The van der Waals surface area contributed by atoms with Crippen molar-refractivity contribution in [1.29, 1.82) is 0 Å². The van der Waals surface area contributed by atoms with E-state index in [1.54, 1.807) is 25.6 Å². The van der Waals surface area contributed by atoms with E-state index in [4.69, 9.17) is 4.74 Å². The van der Waals surface area contributed by atoms with Gasteiger partial charge >= 0.3 is 0 Å². The van der Waals surface area contributed by atoms with E-state index in [0.29, 0.717) is 12.8 Å². The minimum atomic E-state index is -0.00920. The molecule has 4 heteroatoms. The number of hydrogen-bond acceptors (Lipinski definition) is 3. The molecule has 0 atom stereocenters. The standard InChI is InChI=1S/C15H16N2O2/c1-19-14-4-2-3-13(11-14)17-15(18)6-5-12-7-9-16-10-8-12/h2-4,7-11H,5-6H2,1H3,(H,17,18). The fourth-order valence-corrected chi connectivity index (χ4v) is 1.73. The van der Waals surface area contributed by atoms with Crippen molar-refractivity contribution in [3.8, 4) is 5.75 Å². The van der Waals surface area contributed by atoms with Gasteiger partial charge in [-0.15, -0.1) is 0 Å². The Morgan fingerprint density at radius 2 is 2.05 bits per heavy atom. The van der Waals surface area contributed by atoms with Crippen LogP contribution in [0.3, 0.4) is 0 Å². The summed E-state index contributed by atoms with van der Waals surface area (Å²) in [4.78, 5) is 15.8. The van der Waals surface area contributed by atoms with Gasteiger partial charge in [-0.25, -0.2) is 0 Å². The van der Waals surface area contributed by atoms with Crippen LogP contribution >= 0.6 is 0 Å². The number of pyridine rings is 1. The van der Waals surface area contributed by atoms with Crippen molar-refractivity contribution in [2.45, 2.75) is 12.8 Å². The summed E-state index contributed by atoms with van der Waals surface area (Å²) in [6, 6.07) is 11.2. The van der Waals surface area contributed by atoms with Crippen LogP contribution in [0.1, 0.15) is 12.0 Å². The van der Waals surface area contributed by atoms with Crippen LogP contribution in [-0.4, -0.2) is 18.0 Å². The number of rotatable bonds is 5. The number of aryl methyl sites for hydroxylation is 1. The van der Waals surface area contributed by atoms with Gasteiger partial charge in [0.15, 0.2) is 0 Å². The number of carbonyl (C=O) groups excluding carboxylic acids is 1. The average Bonchev–Trinajstić information content (AvgIpc) is 2.46. The lowest BCUT2D eigenvalue weighted by atomic mass is 10.1. The maximum absolute atomic E-state index is 11.8. The van der Waals surface area contributed by atoms with Crippen LogP contribution in [0, 0.1) is 0 Å². The quantitative estimate of drug-likeness (QED) is 0.894. The highest BCUT2D eigenvalue weighted by molar-refractivity contribution is 5.91. The highest BCUT2D eigenvalue weighted by atomic mass is 16.5. The molecule has 1 amide bonds. The lowest BCUT2D eigenvalue weighted by Gasteiger charge is -2.07. The SMILES string of the molecule is COc1cccc(NC(=O)CCc2ccncc2)c1. The van der Waals surface area contributed by atoms with E-state index < -0.39 is 0 Å². The summed E-state index contributed by atoms with van der Waals surface area (Å²) in [7, 11) is 1.60. The molecule has 0 aliphatic heterocycles. The van der Waals surface area contributed by atoms with E-state index in [0.717, 1.165) is 17.0 Å². The molecule has 98 valence electrons. The van der Waals surface area contributed by atoms with Crippen LogP contribution in [0.25, 0.3) is 0 Å². The van der Waals surface area contributed by atoms with Gasteiger partial charge in [0.1, 0.15) is 5.75 Å². The molecular weight excluding hydrogens is 240 g/mol. The first kappa shape index (κ1) is 13.1. The van der Waals surface area contributed by atoms with Crippen LogP contribution < -0.4 is 10.1 Å². The smallest absolute Gasteiger partial charge is 0.224 e. The van der Waals surface area contributed by atoms with Gasteiger partial charge in [0.25, 0.3) is 0 Å². The molecule has 1 heterocycles. The molecule has 0 saturated carbocycles. The molecule has 0 radical (unpaired) electrons. The Hall–Kier alpha value is -2.36. The first-order valence-electron chi connectivity index (χ1n) is 6.11. The molecule has 0 aliphatic carbocycles. The maximum Gasteiger partial charge on any atom is 0.224 e. The second-order valence-electron chi connectivity index (χ2n) is 4.14.